The molecular formula is C12H18ClNS. The van der Waals surface area contributed by atoms with Gasteiger partial charge >= 0.3 is 0 Å². The van der Waals surface area contributed by atoms with Gasteiger partial charge in [0, 0.05) is 22.8 Å². The number of thiophene rings is 1. The number of hydrogen-bond donors (Lipinski definition) is 0. The highest BCUT2D eigenvalue weighted by atomic mass is 35.5. The molecule has 0 amide bonds. The first-order chi connectivity index (χ1) is 7.16. The molecule has 1 aromatic rings. The third-order valence-corrected chi connectivity index (χ3v) is 4.69. The van der Waals surface area contributed by atoms with E-state index in [9.17, 15) is 0 Å². The van der Waals surface area contributed by atoms with Gasteiger partial charge in [-0.05, 0) is 50.2 Å². The fourth-order valence-electron chi connectivity index (χ4n) is 2.20. The van der Waals surface area contributed by atoms with E-state index in [2.05, 4.69) is 30.2 Å². The van der Waals surface area contributed by atoms with Crippen molar-refractivity contribution in [3.05, 3.63) is 21.9 Å². The maximum Gasteiger partial charge on any atom is 0.0489 e. The van der Waals surface area contributed by atoms with Gasteiger partial charge in [-0.3, -0.25) is 4.90 Å². The van der Waals surface area contributed by atoms with Crippen LogP contribution in [-0.4, -0.2) is 22.9 Å². The fraction of sp³-hybridized carbons (Fsp3) is 0.667. The van der Waals surface area contributed by atoms with E-state index in [1.165, 1.54) is 29.8 Å². The SMILES string of the molecule is Cc1cc(CN2CCCC(Cl)C2C)cs1. The Labute approximate surface area is 101 Å². The Morgan fingerprint density at radius 3 is 3.07 bits per heavy atom. The van der Waals surface area contributed by atoms with Gasteiger partial charge in [0.1, 0.15) is 0 Å². The molecule has 3 heteroatoms. The molecule has 0 aromatic carbocycles. The third-order valence-electron chi connectivity index (χ3n) is 3.20. The van der Waals surface area contributed by atoms with Crippen LogP contribution >= 0.6 is 22.9 Å². The van der Waals surface area contributed by atoms with E-state index >= 15 is 0 Å². The Morgan fingerprint density at radius 2 is 2.40 bits per heavy atom. The number of halogens is 1. The van der Waals surface area contributed by atoms with E-state index in [0.717, 1.165) is 6.54 Å². The summed E-state index contributed by atoms with van der Waals surface area (Å²) < 4.78 is 0. The summed E-state index contributed by atoms with van der Waals surface area (Å²) in [4.78, 5) is 3.90. The fourth-order valence-corrected chi connectivity index (χ4v) is 3.21. The number of hydrogen-bond acceptors (Lipinski definition) is 2. The molecule has 1 aromatic heterocycles. The van der Waals surface area contributed by atoms with Crippen molar-refractivity contribution >= 4 is 22.9 Å². The predicted octanol–water partition coefficient (Wildman–Crippen LogP) is 3.65. The molecule has 0 radical (unpaired) electrons. The molecule has 1 saturated heterocycles. The minimum absolute atomic E-state index is 0.332. The van der Waals surface area contributed by atoms with E-state index in [0.29, 0.717) is 11.4 Å². The lowest BCUT2D eigenvalue weighted by molar-refractivity contribution is 0.156. The molecule has 2 rings (SSSR count). The Balaban J connectivity index is 1.99. The van der Waals surface area contributed by atoms with Crippen molar-refractivity contribution in [2.45, 2.75) is 44.7 Å². The molecule has 1 aliphatic heterocycles. The molecule has 0 spiro atoms. The van der Waals surface area contributed by atoms with Crippen LogP contribution in [0, 0.1) is 6.92 Å². The van der Waals surface area contributed by atoms with E-state index in [-0.39, 0.29) is 0 Å². The number of rotatable bonds is 2. The highest BCUT2D eigenvalue weighted by Crippen LogP contribution is 2.25. The molecule has 84 valence electrons. The Morgan fingerprint density at radius 1 is 1.60 bits per heavy atom. The van der Waals surface area contributed by atoms with Crippen LogP contribution < -0.4 is 0 Å². The second-order valence-corrected chi connectivity index (χ2v) is 6.11. The topological polar surface area (TPSA) is 3.24 Å². The summed E-state index contributed by atoms with van der Waals surface area (Å²) in [6, 6.07) is 2.80. The summed E-state index contributed by atoms with van der Waals surface area (Å²) in [5, 5.41) is 2.60. The number of likely N-dealkylation sites (tertiary alicyclic amines) is 1. The van der Waals surface area contributed by atoms with Gasteiger partial charge < -0.3 is 0 Å². The molecule has 2 atom stereocenters. The zero-order chi connectivity index (χ0) is 10.8. The molecule has 1 aliphatic rings. The van der Waals surface area contributed by atoms with Gasteiger partial charge in [-0.1, -0.05) is 0 Å². The predicted molar refractivity (Wildman–Crippen MR) is 67.8 cm³/mol. The Kier molecular flexibility index (Phi) is 3.70. The van der Waals surface area contributed by atoms with Crippen molar-refractivity contribution < 1.29 is 0 Å². The Hall–Kier alpha value is -0.0500. The normalized spacial score (nSPS) is 28.2. The lowest BCUT2D eigenvalue weighted by Gasteiger charge is -2.36. The number of aryl methyl sites for hydroxylation is 1. The van der Waals surface area contributed by atoms with Crippen LogP contribution in [0.15, 0.2) is 11.4 Å². The highest BCUT2D eigenvalue weighted by molar-refractivity contribution is 7.10. The summed E-state index contributed by atoms with van der Waals surface area (Å²) in [6.45, 7) is 6.67. The first kappa shape index (κ1) is 11.4. The lowest BCUT2D eigenvalue weighted by atomic mass is 10.0. The largest absolute Gasteiger partial charge is 0.295 e. The van der Waals surface area contributed by atoms with Crippen LogP contribution in [0.4, 0.5) is 0 Å². The maximum atomic E-state index is 6.29. The molecule has 1 fully saturated rings. The molecule has 0 saturated carbocycles. The van der Waals surface area contributed by atoms with Gasteiger partial charge in [-0.2, -0.15) is 0 Å². The van der Waals surface area contributed by atoms with Crippen molar-refractivity contribution in [3.63, 3.8) is 0 Å². The molecule has 0 aliphatic carbocycles. The minimum atomic E-state index is 0.332. The molecule has 0 N–H and O–H groups in total. The smallest absolute Gasteiger partial charge is 0.0489 e. The zero-order valence-electron chi connectivity index (χ0n) is 9.37. The molecule has 0 bridgehead atoms. The number of alkyl halides is 1. The van der Waals surface area contributed by atoms with Crippen molar-refractivity contribution in [1.29, 1.82) is 0 Å². The van der Waals surface area contributed by atoms with Crippen LogP contribution in [0.5, 0.6) is 0 Å². The first-order valence-electron chi connectivity index (χ1n) is 5.59. The summed E-state index contributed by atoms with van der Waals surface area (Å²) in [7, 11) is 0. The van der Waals surface area contributed by atoms with Crippen LogP contribution in [0.25, 0.3) is 0 Å². The van der Waals surface area contributed by atoms with E-state index in [1.807, 2.05) is 11.3 Å². The molecule has 1 nitrogen and oxygen atoms in total. The van der Waals surface area contributed by atoms with Gasteiger partial charge in [0.2, 0.25) is 0 Å². The standard InChI is InChI=1S/C12H18ClNS/c1-9-6-11(8-15-9)7-14-5-3-4-12(13)10(14)2/h6,8,10,12H,3-5,7H2,1-2H3. The average Bonchev–Trinajstić information content (AvgIpc) is 2.59. The lowest BCUT2D eigenvalue weighted by Crippen LogP contribution is -2.43. The van der Waals surface area contributed by atoms with Crippen LogP contribution in [0.3, 0.4) is 0 Å². The van der Waals surface area contributed by atoms with Crippen molar-refractivity contribution in [2.75, 3.05) is 6.54 Å². The average molecular weight is 244 g/mol. The molecule has 2 heterocycles. The van der Waals surface area contributed by atoms with E-state index in [4.69, 9.17) is 11.6 Å². The van der Waals surface area contributed by atoms with Crippen molar-refractivity contribution in [3.8, 4) is 0 Å². The molecule has 2 unspecified atom stereocenters. The molecular weight excluding hydrogens is 226 g/mol. The molecule has 15 heavy (non-hydrogen) atoms. The van der Waals surface area contributed by atoms with Crippen LogP contribution in [-0.2, 0) is 6.54 Å². The number of nitrogens with zero attached hydrogens (tertiary/aromatic N) is 1. The van der Waals surface area contributed by atoms with Crippen LogP contribution in [0.1, 0.15) is 30.2 Å². The van der Waals surface area contributed by atoms with E-state index < -0.39 is 0 Å². The second-order valence-electron chi connectivity index (χ2n) is 4.43. The van der Waals surface area contributed by atoms with Gasteiger partial charge in [-0.25, -0.2) is 0 Å². The monoisotopic (exact) mass is 243 g/mol. The third kappa shape index (κ3) is 2.74. The van der Waals surface area contributed by atoms with Crippen molar-refractivity contribution in [2.24, 2.45) is 0 Å². The quantitative estimate of drug-likeness (QED) is 0.717. The first-order valence-corrected chi connectivity index (χ1v) is 6.90. The maximum absolute atomic E-state index is 6.29. The summed E-state index contributed by atoms with van der Waals surface area (Å²) in [6.07, 6.45) is 2.41. The van der Waals surface area contributed by atoms with Gasteiger partial charge in [0.05, 0.1) is 0 Å². The Bertz CT molecular complexity index is 323. The van der Waals surface area contributed by atoms with Gasteiger partial charge in [0.25, 0.3) is 0 Å². The van der Waals surface area contributed by atoms with Gasteiger partial charge in [-0.15, -0.1) is 22.9 Å². The summed E-state index contributed by atoms with van der Waals surface area (Å²) in [5.41, 5.74) is 1.44. The van der Waals surface area contributed by atoms with Crippen LogP contribution in [0.2, 0.25) is 0 Å². The van der Waals surface area contributed by atoms with E-state index in [1.54, 1.807) is 0 Å². The second kappa shape index (κ2) is 4.86. The highest BCUT2D eigenvalue weighted by Gasteiger charge is 2.26. The van der Waals surface area contributed by atoms with Crippen molar-refractivity contribution in [1.82, 2.24) is 4.90 Å². The number of piperidine rings is 1. The summed E-state index contributed by atoms with van der Waals surface area (Å²) in [5.74, 6) is 0. The zero-order valence-corrected chi connectivity index (χ0v) is 10.9. The summed E-state index contributed by atoms with van der Waals surface area (Å²) >= 11 is 8.13. The minimum Gasteiger partial charge on any atom is -0.295 e. The van der Waals surface area contributed by atoms with Gasteiger partial charge in [0.15, 0.2) is 0 Å².